The molecule has 1 aliphatic rings. The number of pyridine rings is 1. The van der Waals surface area contributed by atoms with E-state index in [-0.39, 0.29) is 5.91 Å². The van der Waals surface area contributed by atoms with Crippen LogP contribution >= 0.6 is 0 Å². The van der Waals surface area contributed by atoms with Crippen molar-refractivity contribution in [3.8, 4) is 0 Å². The fourth-order valence-corrected chi connectivity index (χ4v) is 2.17. The summed E-state index contributed by atoms with van der Waals surface area (Å²) in [5, 5.41) is 5.94. The van der Waals surface area contributed by atoms with E-state index in [2.05, 4.69) is 29.5 Å². The van der Waals surface area contributed by atoms with Crippen molar-refractivity contribution in [1.29, 1.82) is 0 Å². The van der Waals surface area contributed by atoms with Gasteiger partial charge in [-0.05, 0) is 36.3 Å². The molecule has 98 valence electrons. The molecule has 4 nitrogen and oxygen atoms in total. The van der Waals surface area contributed by atoms with E-state index in [4.69, 9.17) is 0 Å². The molecule has 0 bridgehead atoms. The summed E-state index contributed by atoms with van der Waals surface area (Å²) in [4.78, 5) is 16.2. The highest BCUT2D eigenvalue weighted by Gasteiger charge is 2.45. The maximum Gasteiger partial charge on any atom is 0.269 e. The van der Waals surface area contributed by atoms with Crippen LogP contribution in [0.5, 0.6) is 0 Å². The summed E-state index contributed by atoms with van der Waals surface area (Å²) in [5.41, 5.74) is 0.803. The predicted molar refractivity (Wildman–Crippen MR) is 72.6 cm³/mol. The minimum absolute atomic E-state index is 0.0842. The summed E-state index contributed by atoms with van der Waals surface area (Å²) >= 11 is 0. The molecule has 1 aliphatic carbocycles. The summed E-state index contributed by atoms with van der Waals surface area (Å²) < 4.78 is 0. The van der Waals surface area contributed by atoms with E-state index in [0.717, 1.165) is 6.54 Å². The lowest BCUT2D eigenvalue weighted by molar-refractivity contribution is 0.0935. The maximum absolute atomic E-state index is 12.0. The first kappa shape index (κ1) is 12.9. The monoisotopic (exact) mass is 247 g/mol. The standard InChI is InChI=1S/C14H21N3O/c1-10(2)14(7-8-14)9-16-13(18)11-5-4-6-12(15-3)17-11/h4-6,10H,7-9H2,1-3H3,(H,15,17)(H,16,18). The number of rotatable bonds is 5. The normalized spacial score (nSPS) is 16.4. The predicted octanol–water partition coefficient (Wildman–Crippen LogP) is 2.29. The molecule has 1 fully saturated rings. The van der Waals surface area contributed by atoms with Gasteiger partial charge >= 0.3 is 0 Å². The van der Waals surface area contributed by atoms with Crippen LogP contribution in [0.3, 0.4) is 0 Å². The molecule has 0 unspecified atom stereocenters. The van der Waals surface area contributed by atoms with E-state index in [9.17, 15) is 4.79 Å². The van der Waals surface area contributed by atoms with E-state index in [1.54, 1.807) is 13.1 Å². The van der Waals surface area contributed by atoms with Gasteiger partial charge in [0.1, 0.15) is 11.5 Å². The molecular formula is C14H21N3O. The zero-order valence-electron chi connectivity index (χ0n) is 11.3. The van der Waals surface area contributed by atoms with Crippen molar-refractivity contribution >= 4 is 11.7 Å². The molecule has 1 amide bonds. The van der Waals surface area contributed by atoms with Crippen LogP contribution in [0.25, 0.3) is 0 Å². The van der Waals surface area contributed by atoms with Gasteiger partial charge in [-0.2, -0.15) is 0 Å². The van der Waals surface area contributed by atoms with Gasteiger partial charge in [0.2, 0.25) is 0 Å². The Morgan fingerprint density at radius 3 is 2.72 bits per heavy atom. The number of hydrogen-bond donors (Lipinski definition) is 2. The first-order valence-electron chi connectivity index (χ1n) is 6.50. The summed E-state index contributed by atoms with van der Waals surface area (Å²) in [7, 11) is 1.79. The molecule has 1 saturated carbocycles. The molecule has 1 aromatic heterocycles. The van der Waals surface area contributed by atoms with E-state index in [1.807, 2.05) is 12.1 Å². The van der Waals surface area contributed by atoms with Crippen LogP contribution in [0.1, 0.15) is 37.2 Å². The Labute approximate surface area is 108 Å². The molecule has 18 heavy (non-hydrogen) atoms. The van der Waals surface area contributed by atoms with Crippen molar-refractivity contribution in [1.82, 2.24) is 10.3 Å². The number of aromatic nitrogens is 1. The molecule has 1 aromatic rings. The number of amides is 1. The van der Waals surface area contributed by atoms with Crippen LogP contribution in [-0.2, 0) is 0 Å². The second-order valence-electron chi connectivity index (χ2n) is 5.36. The summed E-state index contributed by atoms with van der Waals surface area (Å²) in [5.74, 6) is 1.25. The first-order chi connectivity index (χ1) is 8.57. The molecule has 0 atom stereocenters. The third-order valence-corrected chi connectivity index (χ3v) is 3.96. The van der Waals surface area contributed by atoms with Crippen LogP contribution in [0.15, 0.2) is 18.2 Å². The van der Waals surface area contributed by atoms with Crippen molar-refractivity contribution in [2.75, 3.05) is 18.9 Å². The summed E-state index contributed by atoms with van der Waals surface area (Å²) in [6.45, 7) is 5.20. The zero-order chi connectivity index (χ0) is 13.2. The second kappa shape index (κ2) is 4.96. The van der Waals surface area contributed by atoms with Crippen molar-refractivity contribution in [3.63, 3.8) is 0 Å². The number of carbonyl (C=O) groups excluding carboxylic acids is 1. The Balaban J connectivity index is 1.95. The lowest BCUT2D eigenvalue weighted by atomic mass is 9.92. The van der Waals surface area contributed by atoms with Crippen LogP contribution in [0.2, 0.25) is 0 Å². The highest BCUT2D eigenvalue weighted by atomic mass is 16.1. The van der Waals surface area contributed by atoms with Gasteiger partial charge in [0.25, 0.3) is 5.91 Å². The van der Waals surface area contributed by atoms with Gasteiger partial charge in [0, 0.05) is 13.6 Å². The van der Waals surface area contributed by atoms with Crippen molar-refractivity contribution in [3.05, 3.63) is 23.9 Å². The Kier molecular flexibility index (Phi) is 3.55. The van der Waals surface area contributed by atoms with Crippen LogP contribution in [0.4, 0.5) is 5.82 Å². The topological polar surface area (TPSA) is 54.0 Å². The highest BCUT2D eigenvalue weighted by Crippen LogP contribution is 2.51. The van der Waals surface area contributed by atoms with Gasteiger partial charge in [0.05, 0.1) is 0 Å². The van der Waals surface area contributed by atoms with Crippen LogP contribution in [-0.4, -0.2) is 24.5 Å². The third-order valence-electron chi connectivity index (χ3n) is 3.96. The Hall–Kier alpha value is -1.58. The molecule has 2 N–H and O–H groups in total. The van der Waals surface area contributed by atoms with E-state index in [0.29, 0.717) is 22.8 Å². The quantitative estimate of drug-likeness (QED) is 0.839. The van der Waals surface area contributed by atoms with Gasteiger partial charge < -0.3 is 10.6 Å². The van der Waals surface area contributed by atoms with Crippen molar-refractivity contribution < 1.29 is 4.79 Å². The molecule has 0 spiro atoms. The fraction of sp³-hybridized carbons (Fsp3) is 0.571. The molecule has 0 saturated heterocycles. The SMILES string of the molecule is CNc1cccc(C(=O)NCC2(C(C)C)CC2)n1. The number of carbonyl (C=O) groups is 1. The second-order valence-corrected chi connectivity index (χ2v) is 5.36. The summed E-state index contributed by atoms with van der Waals surface area (Å²) in [6, 6.07) is 5.42. The Bertz CT molecular complexity index is 438. The number of nitrogens with zero attached hydrogens (tertiary/aromatic N) is 1. The molecule has 1 heterocycles. The number of hydrogen-bond acceptors (Lipinski definition) is 3. The van der Waals surface area contributed by atoms with Crippen molar-refractivity contribution in [2.45, 2.75) is 26.7 Å². The van der Waals surface area contributed by atoms with Crippen LogP contribution < -0.4 is 10.6 Å². The number of nitrogens with one attached hydrogen (secondary N) is 2. The maximum atomic E-state index is 12.0. The largest absolute Gasteiger partial charge is 0.373 e. The van der Waals surface area contributed by atoms with Gasteiger partial charge in [-0.15, -0.1) is 0 Å². The average Bonchev–Trinajstić information content (AvgIpc) is 3.17. The Morgan fingerprint density at radius 1 is 1.44 bits per heavy atom. The fourth-order valence-electron chi connectivity index (χ4n) is 2.17. The average molecular weight is 247 g/mol. The van der Waals surface area contributed by atoms with Gasteiger partial charge in [-0.1, -0.05) is 19.9 Å². The van der Waals surface area contributed by atoms with E-state index >= 15 is 0 Å². The van der Waals surface area contributed by atoms with Gasteiger partial charge in [-0.3, -0.25) is 4.79 Å². The Morgan fingerprint density at radius 2 is 2.17 bits per heavy atom. The lowest BCUT2D eigenvalue weighted by Gasteiger charge is -2.19. The molecule has 4 heteroatoms. The zero-order valence-corrected chi connectivity index (χ0v) is 11.3. The first-order valence-corrected chi connectivity index (χ1v) is 6.50. The molecule has 2 rings (SSSR count). The molecule has 0 aromatic carbocycles. The van der Waals surface area contributed by atoms with Gasteiger partial charge in [-0.25, -0.2) is 4.98 Å². The number of anilines is 1. The van der Waals surface area contributed by atoms with Gasteiger partial charge in [0.15, 0.2) is 0 Å². The molecule has 0 aliphatic heterocycles. The lowest BCUT2D eigenvalue weighted by Crippen LogP contribution is -2.33. The highest BCUT2D eigenvalue weighted by molar-refractivity contribution is 5.92. The van der Waals surface area contributed by atoms with Crippen LogP contribution in [0, 0.1) is 11.3 Å². The van der Waals surface area contributed by atoms with E-state index < -0.39 is 0 Å². The summed E-state index contributed by atoms with van der Waals surface area (Å²) in [6.07, 6.45) is 2.43. The molecule has 0 radical (unpaired) electrons. The van der Waals surface area contributed by atoms with E-state index in [1.165, 1.54) is 12.8 Å². The smallest absolute Gasteiger partial charge is 0.269 e. The minimum atomic E-state index is -0.0842. The van der Waals surface area contributed by atoms with Crippen molar-refractivity contribution in [2.24, 2.45) is 11.3 Å². The molecular weight excluding hydrogens is 226 g/mol. The minimum Gasteiger partial charge on any atom is -0.373 e. The third kappa shape index (κ3) is 2.63.